The molecule has 0 saturated carbocycles. The zero-order valence-electron chi connectivity index (χ0n) is 21.8. The molecule has 37 heavy (non-hydrogen) atoms. The van der Waals surface area contributed by atoms with E-state index in [0.29, 0.717) is 50.0 Å². The Balaban J connectivity index is 1.46. The molecule has 1 atom stereocenters. The molecule has 0 spiro atoms. The number of amides is 1. The summed E-state index contributed by atoms with van der Waals surface area (Å²) in [5.41, 5.74) is 5.38. The number of nitrogens with zero attached hydrogens (tertiary/aromatic N) is 6. The van der Waals surface area contributed by atoms with E-state index in [1.54, 1.807) is 29.9 Å². The molecule has 1 aromatic heterocycles. The largest absolute Gasteiger partial charge is 0.354 e. The summed E-state index contributed by atoms with van der Waals surface area (Å²) in [5, 5.41) is 11.0. The summed E-state index contributed by atoms with van der Waals surface area (Å²) in [6.45, 7) is 7.14. The maximum atomic E-state index is 15.3. The molecule has 196 valence electrons. The van der Waals surface area contributed by atoms with Gasteiger partial charge in [-0.05, 0) is 56.4 Å². The summed E-state index contributed by atoms with van der Waals surface area (Å²) in [4.78, 5) is 25.3. The summed E-state index contributed by atoms with van der Waals surface area (Å²) in [6.07, 6.45) is 5.71. The Morgan fingerprint density at radius 1 is 1.24 bits per heavy atom. The van der Waals surface area contributed by atoms with E-state index in [1.807, 2.05) is 24.9 Å². The number of nitrogens with one attached hydrogen (secondary N) is 1. The molecule has 1 N–H and O–H groups in total. The van der Waals surface area contributed by atoms with Crippen molar-refractivity contribution >= 4 is 17.5 Å². The fourth-order valence-corrected chi connectivity index (χ4v) is 5.04. The van der Waals surface area contributed by atoms with E-state index < -0.39 is 11.6 Å². The molecule has 1 saturated heterocycles. The Morgan fingerprint density at radius 3 is 2.57 bits per heavy atom. The van der Waals surface area contributed by atoms with Gasteiger partial charge < -0.3 is 9.80 Å². The van der Waals surface area contributed by atoms with Crippen LogP contribution in [0.25, 0.3) is 0 Å². The molecule has 0 bridgehead atoms. The quantitative estimate of drug-likeness (QED) is 0.593. The van der Waals surface area contributed by atoms with E-state index in [9.17, 15) is 14.4 Å². The first-order chi connectivity index (χ1) is 17.7. The van der Waals surface area contributed by atoms with E-state index in [2.05, 4.69) is 21.5 Å². The monoisotopic (exact) mass is 509 g/mol. The lowest BCUT2D eigenvalue weighted by Gasteiger charge is -2.36. The van der Waals surface area contributed by atoms with Crippen molar-refractivity contribution in [2.75, 3.05) is 36.6 Å². The first kappa shape index (κ1) is 26.5. The molecule has 1 unspecified atom stereocenters. The number of piperidine rings is 1. The zero-order valence-corrected chi connectivity index (χ0v) is 21.8. The van der Waals surface area contributed by atoms with Gasteiger partial charge in [-0.3, -0.25) is 9.80 Å². The highest BCUT2D eigenvalue weighted by molar-refractivity contribution is 5.79. The van der Waals surface area contributed by atoms with Gasteiger partial charge in [0.15, 0.2) is 11.6 Å². The molecular formula is C27H33F2N7O. The second kappa shape index (κ2) is 11.2. The van der Waals surface area contributed by atoms with Crippen molar-refractivity contribution in [3.05, 3.63) is 58.6 Å². The lowest BCUT2D eigenvalue weighted by Crippen LogP contribution is -2.43. The number of carbonyl (C=O) groups excluding carboxylic acids is 1. The summed E-state index contributed by atoms with van der Waals surface area (Å²) in [5.74, 6) is -0.799. The third kappa shape index (κ3) is 5.42. The SMILES string of the molecule is CCCC(c1cc(F)c(C)c(C#N)c1)N(C)C(=O)C1CCN(c2ncnc(N3C=C(C)CN3)c2F)CC1. The van der Waals surface area contributed by atoms with Crippen LogP contribution in [0.4, 0.5) is 20.4 Å². The predicted molar refractivity (Wildman–Crippen MR) is 137 cm³/mol. The minimum atomic E-state index is -0.499. The normalized spacial score (nSPS) is 16.9. The van der Waals surface area contributed by atoms with Gasteiger partial charge in [-0.15, -0.1) is 0 Å². The average molecular weight is 510 g/mol. The number of nitriles is 1. The Labute approximate surface area is 216 Å². The molecule has 1 aromatic carbocycles. The second-order valence-corrected chi connectivity index (χ2v) is 9.82. The summed E-state index contributed by atoms with van der Waals surface area (Å²) in [7, 11) is 1.74. The molecule has 4 rings (SSSR count). The number of aromatic nitrogens is 2. The van der Waals surface area contributed by atoms with Crippen molar-refractivity contribution in [1.29, 1.82) is 5.26 Å². The van der Waals surface area contributed by atoms with Crippen molar-refractivity contribution in [3.63, 3.8) is 0 Å². The number of benzene rings is 1. The molecule has 2 aromatic rings. The standard InChI is InChI=1S/C27H33F2N7O/c1-5-6-23(20-11-21(13-30)18(3)22(28)12-20)34(4)27(37)19-7-9-35(10-8-19)25-24(29)26(32-16-31-25)36-15-17(2)14-33-36/h11-12,15-16,19,23,33H,5-10,14H2,1-4H3. The molecule has 10 heteroatoms. The van der Waals surface area contributed by atoms with Gasteiger partial charge in [0, 0.05) is 44.4 Å². The van der Waals surface area contributed by atoms with E-state index in [1.165, 1.54) is 12.4 Å². The molecule has 0 aliphatic carbocycles. The van der Waals surface area contributed by atoms with Gasteiger partial charge in [-0.1, -0.05) is 13.3 Å². The highest BCUT2D eigenvalue weighted by Gasteiger charge is 2.33. The smallest absolute Gasteiger partial charge is 0.226 e. The Bertz CT molecular complexity index is 1230. The summed E-state index contributed by atoms with van der Waals surface area (Å²) < 4.78 is 29.8. The first-order valence-corrected chi connectivity index (χ1v) is 12.7. The van der Waals surface area contributed by atoms with Crippen molar-refractivity contribution in [1.82, 2.24) is 20.3 Å². The zero-order chi connectivity index (χ0) is 26.7. The molecule has 3 heterocycles. The highest BCUT2D eigenvalue weighted by atomic mass is 19.1. The molecule has 2 aliphatic heterocycles. The third-order valence-electron chi connectivity index (χ3n) is 7.25. The van der Waals surface area contributed by atoms with Crippen LogP contribution in [0, 0.1) is 35.8 Å². The predicted octanol–water partition coefficient (Wildman–Crippen LogP) is 4.38. The van der Waals surface area contributed by atoms with Crippen molar-refractivity contribution < 1.29 is 13.6 Å². The average Bonchev–Trinajstić information content (AvgIpc) is 3.34. The van der Waals surface area contributed by atoms with Crippen molar-refractivity contribution in [3.8, 4) is 6.07 Å². The van der Waals surface area contributed by atoms with Gasteiger partial charge in [0.1, 0.15) is 12.1 Å². The van der Waals surface area contributed by atoms with Crippen LogP contribution in [-0.4, -0.2) is 47.5 Å². The van der Waals surface area contributed by atoms with Crippen LogP contribution in [0.15, 0.2) is 30.2 Å². The van der Waals surface area contributed by atoms with Gasteiger partial charge in [0.05, 0.1) is 17.7 Å². The van der Waals surface area contributed by atoms with Crippen LogP contribution in [0.1, 0.15) is 62.3 Å². The van der Waals surface area contributed by atoms with Gasteiger partial charge in [0.25, 0.3) is 0 Å². The Morgan fingerprint density at radius 2 is 1.95 bits per heavy atom. The molecule has 1 amide bonds. The van der Waals surface area contributed by atoms with Crippen LogP contribution in [-0.2, 0) is 4.79 Å². The molecule has 0 radical (unpaired) electrons. The summed E-state index contributed by atoms with van der Waals surface area (Å²) in [6, 6.07) is 4.85. The minimum Gasteiger partial charge on any atom is -0.354 e. The maximum Gasteiger partial charge on any atom is 0.226 e. The van der Waals surface area contributed by atoms with Crippen LogP contribution < -0.4 is 15.3 Å². The molecule has 1 fully saturated rings. The van der Waals surface area contributed by atoms with Gasteiger partial charge in [-0.2, -0.15) is 9.65 Å². The number of hydrogen-bond donors (Lipinski definition) is 1. The Hall–Kier alpha value is -3.58. The lowest BCUT2D eigenvalue weighted by atomic mass is 9.92. The van der Waals surface area contributed by atoms with Gasteiger partial charge in [-0.25, -0.2) is 19.8 Å². The van der Waals surface area contributed by atoms with Crippen LogP contribution >= 0.6 is 0 Å². The number of halogens is 2. The number of hydrogen-bond acceptors (Lipinski definition) is 7. The highest BCUT2D eigenvalue weighted by Crippen LogP contribution is 2.33. The van der Waals surface area contributed by atoms with Gasteiger partial charge in [0.2, 0.25) is 11.7 Å². The summed E-state index contributed by atoms with van der Waals surface area (Å²) >= 11 is 0. The second-order valence-electron chi connectivity index (χ2n) is 9.82. The van der Waals surface area contributed by atoms with Gasteiger partial charge >= 0.3 is 0 Å². The van der Waals surface area contributed by atoms with Crippen molar-refractivity contribution in [2.24, 2.45) is 5.92 Å². The van der Waals surface area contributed by atoms with Crippen LogP contribution in [0.5, 0.6) is 0 Å². The fourth-order valence-electron chi connectivity index (χ4n) is 5.04. The topological polar surface area (TPSA) is 88.4 Å². The van der Waals surface area contributed by atoms with E-state index in [-0.39, 0.29) is 35.1 Å². The van der Waals surface area contributed by atoms with Crippen LogP contribution in [0.2, 0.25) is 0 Å². The van der Waals surface area contributed by atoms with E-state index >= 15 is 4.39 Å². The molecule has 2 aliphatic rings. The lowest BCUT2D eigenvalue weighted by molar-refractivity contribution is -0.137. The number of carbonyl (C=O) groups is 1. The third-order valence-corrected chi connectivity index (χ3v) is 7.25. The molecular weight excluding hydrogens is 476 g/mol. The number of hydrazine groups is 1. The molecule has 8 nitrogen and oxygen atoms in total. The minimum absolute atomic E-state index is 0.0247. The fraction of sp³-hybridized carbons (Fsp3) is 0.481. The van der Waals surface area contributed by atoms with Crippen LogP contribution in [0.3, 0.4) is 0 Å². The van der Waals surface area contributed by atoms with Crippen molar-refractivity contribution in [2.45, 2.75) is 52.5 Å². The Kier molecular flexibility index (Phi) is 8.03. The first-order valence-electron chi connectivity index (χ1n) is 12.7. The maximum absolute atomic E-state index is 15.3. The number of anilines is 2. The number of rotatable bonds is 7. The van der Waals surface area contributed by atoms with E-state index in [0.717, 1.165) is 12.0 Å². The van der Waals surface area contributed by atoms with E-state index in [4.69, 9.17) is 0 Å².